The first kappa shape index (κ1) is 20.2. The highest BCUT2D eigenvalue weighted by Crippen LogP contribution is 2.37. The number of nitrogens with zero attached hydrogens (tertiary/aromatic N) is 1. The fourth-order valence-electron chi connectivity index (χ4n) is 3.88. The van der Waals surface area contributed by atoms with E-state index in [2.05, 4.69) is 5.32 Å². The molecule has 0 radical (unpaired) electrons. The third-order valence-electron chi connectivity index (χ3n) is 5.34. The van der Waals surface area contributed by atoms with Gasteiger partial charge in [0.05, 0.1) is 10.6 Å². The maximum Gasteiger partial charge on any atom is 0.264 e. The minimum Gasteiger partial charge on any atom is -0.352 e. The zero-order chi connectivity index (χ0) is 21.1. The number of carbonyl (C=O) groups excluding carboxylic acids is 1. The number of hydrogen-bond acceptors (Lipinski definition) is 3. The maximum absolute atomic E-state index is 13.1. The Morgan fingerprint density at radius 2 is 1.67 bits per heavy atom. The van der Waals surface area contributed by atoms with Crippen LogP contribution < -0.4 is 9.62 Å². The molecule has 3 aromatic rings. The van der Waals surface area contributed by atoms with Gasteiger partial charge in [-0.25, -0.2) is 8.42 Å². The summed E-state index contributed by atoms with van der Waals surface area (Å²) in [6, 6.07) is 23.5. The summed E-state index contributed by atoms with van der Waals surface area (Å²) in [5, 5.41) is 2.95. The van der Waals surface area contributed by atoms with E-state index in [0.29, 0.717) is 24.2 Å². The van der Waals surface area contributed by atoms with Crippen molar-refractivity contribution in [2.75, 3.05) is 10.8 Å². The highest BCUT2D eigenvalue weighted by atomic mass is 32.2. The van der Waals surface area contributed by atoms with Crippen molar-refractivity contribution in [2.45, 2.75) is 30.7 Å². The molecule has 0 fully saturated rings. The van der Waals surface area contributed by atoms with Crippen LogP contribution in [0.2, 0.25) is 0 Å². The van der Waals surface area contributed by atoms with Crippen molar-refractivity contribution in [3.63, 3.8) is 0 Å². The summed E-state index contributed by atoms with van der Waals surface area (Å²) in [5.74, 6) is -0.147. The predicted octanol–water partition coefficient (Wildman–Crippen LogP) is 3.80. The first-order valence-corrected chi connectivity index (χ1v) is 11.5. The third kappa shape index (κ3) is 3.96. The normalized spacial score (nSPS) is 15.6. The zero-order valence-corrected chi connectivity index (χ0v) is 17.6. The molecule has 1 aliphatic rings. The summed E-state index contributed by atoms with van der Waals surface area (Å²) in [5.41, 5.74) is 3.24. The minimum atomic E-state index is -3.65. The van der Waals surface area contributed by atoms with E-state index < -0.39 is 10.0 Å². The molecule has 0 unspecified atom stereocenters. The second-order valence-corrected chi connectivity index (χ2v) is 9.32. The fraction of sp³-hybridized carbons (Fsp3) is 0.208. The number of carbonyl (C=O) groups is 1. The molecule has 4 rings (SSSR count). The molecule has 6 heteroatoms. The predicted molar refractivity (Wildman–Crippen MR) is 118 cm³/mol. The van der Waals surface area contributed by atoms with Gasteiger partial charge < -0.3 is 5.32 Å². The molecule has 1 N–H and O–H groups in total. The van der Waals surface area contributed by atoms with Gasteiger partial charge >= 0.3 is 0 Å². The third-order valence-corrected chi connectivity index (χ3v) is 7.28. The average Bonchev–Trinajstić information content (AvgIpc) is 3.10. The van der Waals surface area contributed by atoms with Gasteiger partial charge in [0.15, 0.2) is 0 Å². The second kappa shape index (κ2) is 8.32. The van der Waals surface area contributed by atoms with Gasteiger partial charge in [0.1, 0.15) is 0 Å². The molecule has 1 aliphatic heterocycles. The molecule has 1 atom stereocenters. The van der Waals surface area contributed by atoms with Crippen molar-refractivity contribution in [1.82, 2.24) is 5.32 Å². The molecule has 0 bridgehead atoms. The Morgan fingerprint density at radius 1 is 1.00 bits per heavy atom. The maximum atomic E-state index is 13.1. The van der Waals surface area contributed by atoms with Crippen molar-refractivity contribution in [3.8, 4) is 0 Å². The van der Waals surface area contributed by atoms with Gasteiger partial charge in [0, 0.05) is 18.2 Å². The monoisotopic (exact) mass is 420 g/mol. The van der Waals surface area contributed by atoms with Crippen molar-refractivity contribution in [2.24, 2.45) is 0 Å². The van der Waals surface area contributed by atoms with Gasteiger partial charge in [0.2, 0.25) is 0 Å². The van der Waals surface area contributed by atoms with E-state index in [0.717, 1.165) is 12.0 Å². The van der Waals surface area contributed by atoms with Gasteiger partial charge in [-0.3, -0.25) is 9.10 Å². The molecule has 154 valence electrons. The lowest BCUT2D eigenvalue weighted by Gasteiger charge is -2.24. The number of amides is 1. The lowest BCUT2D eigenvalue weighted by molar-refractivity contribution is 0.0954. The summed E-state index contributed by atoms with van der Waals surface area (Å²) in [4.78, 5) is 12.8. The summed E-state index contributed by atoms with van der Waals surface area (Å²) in [6.07, 6.45) is 1.34. The Labute approximate surface area is 177 Å². The molecule has 1 heterocycles. The van der Waals surface area contributed by atoms with Crippen LogP contribution in [0.4, 0.5) is 5.69 Å². The van der Waals surface area contributed by atoms with Crippen LogP contribution >= 0.6 is 0 Å². The minimum absolute atomic E-state index is 0.147. The quantitative estimate of drug-likeness (QED) is 0.660. The number of sulfonamides is 1. The van der Waals surface area contributed by atoms with Gasteiger partial charge in [-0.05, 0) is 61.2 Å². The number of benzene rings is 3. The van der Waals surface area contributed by atoms with Crippen LogP contribution in [0.15, 0.2) is 83.8 Å². The van der Waals surface area contributed by atoms with Crippen molar-refractivity contribution < 1.29 is 13.2 Å². The molecule has 0 aliphatic carbocycles. The molecular weight excluding hydrogens is 396 g/mol. The van der Waals surface area contributed by atoms with Crippen LogP contribution in [0.25, 0.3) is 0 Å². The van der Waals surface area contributed by atoms with Crippen molar-refractivity contribution >= 4 is 21.6 Å². The lowest BCUT2D eigenvalue weighted by Crippen LogP contribution is -2.35. The van der Waals surface area contributed by atoms with E-state index in [1.807, 2.05) is 43.3 Å². The Morgan fingerprint density at radius 3 is 2.37 bits per heavy atom. The van der Waals surface area contributed by atoms with Crippen LogP contribution in [0.3, 0.4) is 0 Å². The Balaban J connectivity index is 1.50. The smallest absolute Gasteiger partial charge is 0.264 e. The summed E-state index contributed by atoms with van der Waals surface area (Å²) in [7, 11) is -3.65. The number of anilines is 1. The summed E-state index contributed by atoms with van der Waals surface area (Å²) < 4.78 is 27.8. The van der Waals surface area contributed by atoms with Gasteiger partial charge in [0.25, 0.3) is 15.9 Å². The summed E-state index contributed by atoms with van der Waals surface area (Å²) >= 11 is 0. The van der Waals surface area contributed by atoms with Crippen molar-refractivity contribution in [1.29, 1.82) is 0 Å². The number of rotatable bonds is 6. The van der Waals surface area contributed by atoms with E-state index in [4.69, 9.17) is 0 Å². The van der Waals surface area contributed by atoms with Gasteiger partial charge in [-0.15, -0.1) is 0 Å². The highest BCUT2D eigenvalue weighted by Gasteiger charge is 2.36. The molecule has 1 amide bonds. The largest absolute Gasteiger partial charge is 0.352 e. The van der Waals surface area contributed by atoms with Crippen LogP contribution in [0, 0.1) is 0 Å². The highest BCUT2D eigenvalue weighted by molar-refractivity contribution is 7.92. The standard InChI is InChI=1S/C24H24N2O3S/c1-18-16-21-17-20(24(27)25-15-14-19-8-4-2-5-9-19)12-13-23(21)26(18)30(28,29)22-10-6-3-7-11-22/h2-13,17-18H,14-16H2,1H3,(H,25,27)/t18-/m1/s1. The van der Waals surface area contributed by atoms with Crippen LogP contribution in [0.1, 0.15) is 28.4 Å². The zero-order valence-electron chi connectivity index (χ0n) is 16.8. The first-order chi connectivity index (χ1) is 14.5. The topological polar surface area (TPSA) is 66.5 Å². The SMILES string of the molecule is C[C@@H]1Cc2cc(C(=O)NCCc3ccccc3)ccc2N1S(=O)(=O)c1ccccc1. The Bertz CT molecular complexity index is 1150. The van der Waals surface area contributed by atoms with Crippen LogP contribution in [-0.4, -0.2) is 26.9 Å². The molecule has 3 aromatic carbocycles. The molecule has 0 aromatic heterocycles. The van der Waals surface area contributed by atoms with E-state index in [9.17, 15) is 13.2 Å². The van der Waals surface area contributed by atoms with Crippen molar-refractivity contribution in [3.05, 3.63) is 95.6 Å². The number of nitrogens with one attached hydrogen (secondary N) is 1. The molecule has 0 spiro atoms. The molecular formula is C24H24N2O3S. The average molecular weight is 421 g/mol. The fourth-order valence-corrected chi connectivity index (χ4v) is 5.60. The Hall–Kier alpha value is -3.12. The molecule has 30 heavy (non-hydrogen) atoms. The Kier molecular flexibility index (Phi) is 5.59. The van der Waals surface area contributed by atoms with Gasteiger partial charge in [-0.2, -0.15) is 0 Å². The molecule has 0 saturated carbocycles. The van der Waals surface area contributed by atoms with Gasteiger partial charge in [-0.1, -0.05) is 48.5 Å². The number of hydrogen-bond donors (Lipinski definition) is 1. The summed E-state index contributed by atoms with van der Waals surface area (Å²) in [6.45, 7) is 2.44. The molecule has 0 saturated heterocycles. The molecule has 5 nitrogen and oxygen atoms in total. The van der Waals surface area contributed by atoms with E-state index in [1.165, 1.54) is 9.87 Å². The second-order valence-electron chi connectivity index (χ2n) is 7.50. The van der Waals surface area contributed by atoms with E-state index in [1.54, 1.807) is 42.5 Å². The van der Waals surface area contributed by atoms with E-state index in [-0.39, 0.29) is 16.8 Å². The first-order valence-electron chi connectivity index (χ1n) is 10.0. The van der Waals surface area contributed by atoms with E-state index >= 15 is 0 Å². The lowest BCUT2D eigenvalue weighted by atomic mass is 10.1. The van der Waals surface area contributed by atoms with Crippen LogP contribution in [-0.2, 0) is 22.9 Å². The number of fused-ring (bicyclic) bond motifs is 1. The van der Waals surface area contributed by atoms with Crippen LogP contribution in [0.5, 0.6) is 0 Å².